The minimum atomic E-state index is -0.344. The van der Waals surface area contributed by atoms with Crippen molar-refractivity contribution in [2.45, 2.75) is 26.8 Å². The third kappa shape index (κ3) is 3.20. The minimum Gasteiger partial charge on any atom is -0.383 e. The summed E-state index contributed by atoms with van der Waals surface area (Å²) in [4.78, 5) is 28.3. The minimum absolute atomic E-state index is 0.0618. The first kappa shape index (κ1) is 14.4. The number of nitrogens with zero attached hydrogens (tertiary/aromatic N) is 1. The topological polar surface area (TPSA) is 62.4 Å². The van der Waals surface area contributed by atoms with Crippen molar-refractivity contribution in [2.75, 3.05) is 20.3 Å². The molecule has 0 unspecified atom stereocenters. The quantitative estimate of drug-likeness (QED) is 0.856. The molecule has 1 heterocycles. The Morgan fingerprint density at radius 1 is 1.50 bits per heavy atom. The van der Waals surface area contributed by atoms with E-state index in [0.29, 0.717) is 13.2 Å². The number of aryl methyl sites for hydroxylation is 1. The van der Waals surface area contributed by atoms with Gasteiger partial charge in [-0.15, -0.1) is 0 Å². The zero-order chi connectivity index (χ0) is 13.7. The van der Waals surface area contributed by atoms with Crippen LogP contribution >= 0.6 is 0 Å². The predicted octanol–water partition coefficient (Wildman–Crippen LogP) is 1.18. The highest BCUT2D eigenvalue weighted by atomic mass is 16.5. The largest absolute Gasteiger partial charge is 0.383 e. The number of amides is 1. The first-order valence-electron chi connectivity index (χ1n) is 6.01. The molecule has 1 rings (SSSR count). The van der Waals surface area contributed by atoms with Gasteiger partial charge in [-0.25, -0.2) is 0 Å². The van der Waals surface area contributed by atoms with Gasteiger partial charge in [0.1, 0.15) is 5.56 Å². The zero-order valence-corrected chi connectivity index (χ0v) is 11.3. The van der Waals surface area contributed by atoms with Crippen LogP contribution in [-0.2, 0) is 4.74 Å². The van der Waals surface area contributed by atoms with Crippen molar-refractivity contribution in [1.29, 1.82) is 0 Å². The highest BCUT2D eigenvalue weighted by Crippen LogP contribution is 2.06. The monoisotopic (exact) mass is 252 g/mol. The molecular formula is C13H20N2O3. The molecule has 0 fully saturated rings. The smallest absolute Gasteiger partial charge is 0.260 e. The number of hydrogen-bond acceptors (Lipinski definition) is 3. The summed E-state index contributed by atoms with van der Waals surface area (Å²) in [5.41, 5.74) is 0.568. The van der Waals surface area contributed by atoms with Crippen LogP contribution in [0, 0.1) is 6.92 Å². The molecular weight excluding hydrogens is 232 g/mol. The van der Waals surface area contributed by atoms with Crippen molar-refractivity contribution in [1.82, 2.24) is 9.88 Å². The fourth-order valence-electron chi connectivity index (χ4n) is 1.88. The highest BCUT2D eigenvalue weighted by molar-refractivity contribution is 5.94. The molecule has 0 spiro atoms. The van der Waals surface area contributed by atoms with Crippen LogP contribution in [0.3, 0.4) is 0 Å². The van der Waals surface area contributed by atoms with Gasteiger partial charge >= 0.3 is 0 Å². The second-order valence-corrected chi connectivity index (χ2v) is 4.28. The normalized spacial score (nSPS) is 12.2. The number of hydrogen-bond donors (Lipinski definition) is 1. The Morgan fingerprint density at radius 3 is 2.67 bits per heavy atom. The number of methoxy groups -OCH3 is 1. The number of pyridine rings is 1. The molecule has 5 heteroatoms. The Labute approximate surface area is 107 Å². The fourth-order valence-corrected chi connectivity index (χ4v) is 1.88. The molecule has 0 aliphatic rings. The molecule has 1 atom stereocenters. The third-order valence-corrected chi connectivity index (χ3v) is 2.83. The number of ether oxygens (including phenoxy) is 1. The summed E-state index contributed by atoms with van der Waals surface area (Å²) < 4.78 is 5.04. The Morgan fingerprint density at radius 2 is 2.17 bits per heavy atom. The van der Waals surface area contributed by atoms with Gasteiger partial charge in [0, 0.05) is 19.3 Å². The summed E-state index contributed by atoms with van der Waals surface area (Å²) in [6.07, 6.45) is 0. The Kier molecular flexibility index (Phi) is 5.09. The van der Waals surface area contributed by atoms with Gasteiger partial charge in [-0.2, -0.15) is 0 Å². The number of H-pyrrole nitrogens is 1. The van der Waals surface area contributed by atoms with Crippen molar-refractivity contribution in [3.05, 3.63) is 33.7 Å². The van der Waals surface area contributed by atoms with Gasteiger partial charge in [0.2, 0.25) is 0 Å². The molecule has 100 valence electrons. The van der Waals surface area contributed by atoms with E-state index in [-0.39, 0.29) is 23.1 Å². The van der Waals surface area contributed by atoms with Gasteiger partial charge in [0.15, 0.2) is 0 Å². The lowest BCUT2D eigenvalue weighted by molar-refractivity contribution is 0.0577. The van der Waals surface area contributed by atoms with Crippen molar-refractivity contribution in [3.63, 3.8) is 0 Å². The number of nitrogens with one attached hydrogen (secondary N) is 1. The van der Waals surface area contributed by atoms with Gasteiger partial charge in [0.05, 0.1) is 12.6 Å². The third-order valence-electron chi connectivity index (χ3n) is 2.83. The lowest BCUT2D eigenvalue weighted by Gasteiger charge is -2.27. The van der Waals surface area contributed by atoms with Crippen molar-refractivity contribution in [3.8, 4) is 0 Å². The average Bonchev–Trinajstić information content (AvgIpc) is 2.29. The molecule has 0 bridgehead atoms. The van der Waals surface area contributed by atoms with Crippen LogP contribution in [0.4, 0.5) is 0 Å². The predicted molar refractivity (Wildman–Crippen MR) is 69.8 cm³/mol. The molecule has 0 aliphatic carbocycles. The van der Waals surface area contributed by atoms with Gasteiger partial charge in [-0.1, -0.05) is 0 Å². The summed E-state index contributed by atoms with van der Waals surface area (Å²) in [6, 6.07) is 3.23. The van der Waals surface area contributed by atoms with E-state index in [4.69, 9.17) is 4.74 Å². The van der Waals surface area contributed by atoms with E-state index in [1.165, 1.54) is 0 Å². The zero-order valence-electron chi connectivity index (χ0n) is 11.3. The van der Waals surface area contributed by atoms with E-state index in [9.17, 15) is 9.59 Å². The molecule has 0 aromatic carbocycles. The first-order chi connectivity index (χ1) is 8.51. The second kappa shape index (κ2) is 6.35. The van der Waals surface area contributed by atoms with E-state index in [1.54, 1.807) is 31.1 Å². The number of carbonyl (C=O) groups is 1. The number of aromatic nitrogens is 1. The van der Waals surface area contributed by atoms with Crippen LogP contribution in [0.15, 0.2) is 16.9 Å². The Hall–Kier alpha value is -1.62. The average molecular weight is 252 g/mol. The SMILES string of the molecule is CCN(C(=O)c1ccc(C)[nH]c1=O)[C@@H](C)COC. The molecule has 0 aliphatic heterocycles. The second-order valence-electron chi connectivity index (χ2n) is 4.28. The molecule has 18 heavy (non-hydrogen) atoms. The van der Waals surface area contributed by atoms with Crippen LogP contribution in [0.5, 0.6) is 0 Å². The summed E-state index contributed by atoms with van der Waals surface area (Å²) >= 11 is 0. The van der Waals surface area contributed by atoms with Crippen LogP contribution in [0.2, 0.25) is 0 Å². The molecule has 0 saturated carbocycles. The van der Waals surface area contributed by atoms with Crippen LogP contribution in [0.25, 0.3) is 0 Å². The lowest BCUT2D eigenvalue weighted by atomic mass is 10.2. The van der Waals surface area contributed by atoms with Gasteiger partial charge in [0.25, 0.3) is 11.5 Å². The van der Waals surface area contributed by atoms with Crippen LogP contribution in [-0.4, -0.2) is 42.1 Å². The first-order valence-corrected chi connectivity index (χ1v) is 6.01. The van der Waals surface area contributed by atoms with E-state index in [2.05, 4.69) is 4.98 Å². The maximum atomic E-state index is 12.3. The van der Waals surface area contributed by atoms with Gasteiger partial charge < -0.3 is 14.6 Å². The molecule has 0 saturated heterocycles. The summed E-state index contributed by atoms with van der Waals surface area (Å²) in [5.74, 6) is -0.261. The standard InChI is InChI=1S/C13H20N2O3/c1-5-15(10(3)8-18-4)13(17)11-7-6-9(2)14-12(11)16/h6-7,10H,5,8H2,1-4H3,(H,14,16)/t10-/m0/s1. The molecule has 0 radical (unpaired) electrons. The summed E-state index contributed by atoms with van der Waals surface area (Å²) in [5, 5.41) is 0. The molecule has 5 nitrogen and oxygen atoms in total. The van der Waals surface area contributed by atoms with E-state index in [1.807, 2.05) is 13.8 Å². The molecule has 1 N–H and O–H groups in total. The number of carbonyl (C=O) groups excluding carboxylic acids is 1. The number of likely N-dealkylation sites (N-methyl/N-ethyl adjacent to an activating group) is 1. The lowest BCUT2D eigenvalue weighted by Crippen LogP contribution is -2.42. The number of aromatic amines is 1. The van der Waals surface area contributed by atoms with Gasteiger partial charge in [-0.05, 0) is 32.9 Å². The summed E-state index contributed by atoms with van der Waals surface area (Å²) in [6.45, 7) is 6.54. The fraction of sp³-hybridized carbons (Fsp3) is 0.538. The highest BCUT2D eigenvalue weighted by Gasteiger charge is 2.21. The maximum absolute atomic E-state index is 12.3. The Bertz CT molecular complexity index is 468. The van der Waals surface area contributed by atoms with Gasteiger partial charge in [-0.3, -0.25) is 9.59 Å². The van der Waals surface area contributed by atoms with Crippen molar-refractivity contribution >= 4 is 5.91 Å². The maximum Gasteiger partial charge on any atom is 0.260 e. The summed E-state index contributed by atoms with van der Waals surface area (Å²) in [7, 11) is 1.59. The van der Waals surface area contributed by atoms with E-state index < -0.39 is 0 Å². The van der Waals surface area contributed by atoms with Crippen LogP contribution < -0.4 is 5.56 Å². The van der Waals surface area contributed by atoms with Crippen molar-refractivity contribution < 1.29 is 9.53 Å². The molecule has 1 aromatic heterocycles. The Balaban J connectivity index is 3.00. The molecule has 1 aromatic rings. The molecule has 1 amide bonds. The number of rotatable bonds is 5. The van der Waals surface area contributed by atoms with E-state index >= 15 is 0 Å². The van der Waals surface area contributed by atoms with Crippen molar-refractivity contribution in [2.24, 2.45) is 0 Å². The van der Waals surface area contributed by atoms with Crippen LogP contribution in [0.1, 0.15) is 29.9 Å². The van der Waals surface area contributed by atoms with E-state index in [0.717, 1.165) is 5.69 Å².